The molecular weight excluding hydrogens is 438 g/mol. The summed E-state index contributed by atoms with van der Waals surface area (Å²) in [5, 5.41) is 23.8. The van der Waals surface area contributed by atoms with Gasteiger partial charge in [-0.1, -0.05) is 18.2 Å². The number of nitrogens with one attached hydrogen (secondary N) is 2. The highest BCUT2D eigenvalue weighted by molar-refractivity contribution is 7.99. The summed E-state index contributed by atoms with van der Waals surface area (Å²) >= 11 is 1.39. The number of aromatic hydroxyl groups is 1. The molecule has 3 rings (SSSR count). The summed E-state index contributed by atoms with van der Waals surface area (Å²) in [5.41, 5.74) is 1.42. The topological polar surface area (TPSA) is 111 Å². The molecule has 0 atom stereocenters. The monoisotopic (exact) mass is 459 g/mol. The maximum Gasteiger partial charge on any atom is 0.272 e. The van der Waals surface area contributed by atoms with Crippen LogP contribution in [-0.4, -0.2) is 29.8 Å². The van der Waals surface area contributed by atoms with E-state index in [-0.39, 0.29) is 11.4 Å². The number of benzene rings is 3. The molecule has 0 aliphatic carbocycles. The van der Waals surface area contributed by atoms with Crippen LogP contribution in [0.15, 0.2) is 83.4 Å². The van der Waals surface area contributed by atoms with E-state index < -0.39 is 11.8 Å². The fourth-order valence-corrected chi connectivity index (χ4v) is 3.43. The van der Waals surface area contributed by atoms with Crippen LogP contribution in [0.2, 0.25) is 0 Å². The Morgan fingerprint density at radius 3 is 2.48 bits per heavy atom. The van der Waals surface area contributed by atoms with Gasteiger partial charge in [-0.3, -0.25) is 9.59 Å². The number of amides is 2. The minimum absolute atomic E-state index is 0.00391. The number of anilines is 1. The predicted octanol–water partition coefficient (Wildman–Crippen LogP) is 4.43. The van der Waals surface area contributed by atoms with E-state index in [9.17, 15) is 14.7 Å². The summed E-state index contributed by atoms with van der Waals surface area (Å²) in [7, 11) is 1.44. The van der Waals surface area contributed by atoms with Crippen LogP contribution in [0.3, 0.4) is 0 Å². The number of nitrogens with zero attached hydrogens (tertiary/aromatic N) is 1. The number of hydrogen-bond donors (Lipinski definition) is 3. The second-order valence-corrected chi connectivity index (χ2v) is 7.78. The Morgan fingerprint density at radius 2 is 1.82 bits per heavy atom. The summed E-state index contributed by atoms with van der Waals surface area (Å²) in [4.78, 5) is 26.7. The lowest BCUT2D eigenvalue weighted by atomic mass is 10.1. The highest BCUT2D eigenvalue weighted by Gasteiger charge is 2.16. The summed E-state index contributed by atoms with van der Waals surface area (Å²) in [6.07, 6.45) is 1.48. The molecule has 0 bridgehead atoms. The van der Waals surface area contributed by atoms with Crippen molar-refractivity contribution in [3.8, 4) is 17.6 Å². The van der Waals surface area contributed by atoms with E-state index in [0.717, 1.165) is 4.90 Å². The largest absolute Gasteiger partial charge is 0.508 e. The molecule has 0 aliphatic heterocycles. The number of phenols is 1. The van der Waals surface area contributed by atoms with Crippen molar-refractivity contribution in [3.63, 3.8) is 0 Å². The number of methoxy groups -OCH3 is 1. The summed E-state index contributed by atoms with van der Waals surface area (Å²) in [6, 6.07) is 22.1. The van der Waals surface area contributed by atoms with Crippen molar-refractivity contribution in [1.82, 2.24) is 5.32 Å². The zero-order chi connectivity index (χ0) is 23.6. The molecule has 2 amide bonds. The standard InChI is InChI=1S/C25H21N3O4S/c1-32-23-16-20(29)10-7-18(23)15-22(28-24(30)17-5-3-2-4-6-17)25(31)27-19-8-11-21(12-9-19)33-14-13-26/h2-12,15-16,29H,14H2,1H3,(H,27,31)(H,28,30)/b22-15-. The quantitative estimate of drug-likeness (QED) is 0.340. The Balaban J connectivity index is 1.88. The number of phenolic OH excluding ortho intramolecular Hbond substituents is 1. The van der Waals surface area contributed by atoms with Crippen molar-refractivity contribution in [2.45, 2.75) is 4.90 Å². The molecule has 8 heteroatoms. The van der Waals surface area contributed by atoms with E-state index in [2.05, 4.69) is 16.7 Å². The van der Waals surface area contributed by atoms with Crippen LogP contribution in [0.1, 0.15) is 15.9 Å². The van der Waals surface area contributed by atoms with Gasteiger partial charge in [-0.15, -0.1) is 11.8 Å². The molecule has 0 heterocycles. The smallest absolute Gasteiger partial charge is 0.272 e. The fraction of sp³-hybridized carbons (Fsp3) is 0.0800. The zero-order valence-electron chi connectivity index (χ0n) is 17.7. The molecule has 0 saturated heterocycles. The number of carbonyl (C=O) groups is 2. The van der Waals surface area contributed by atoms with Gasteiger partial charge in [0.05, 0.1) is 18.9 Å². The van der Waals surface area contributed by atoms with Gasteiger partial charge in [-0.25, -0.2) is 0 Å². The van der Waals surface area contributed by atoms with E-state index in [4.69, 9.17) is 10.00 Å². The Labute approximate surface area is 195 Å². The molecule has 0 spiro atoms. The predicted molar refractivity (Wildman–Crippen MR) is 128 cm³/mol. The van der Waals surface area contributed by atoms with Crippen molar-refractivity contribution in [1.29, 1.82) is 5.26 Å². The highest BCUT2D eigenvalue weighted by Crippen LogP contribution is 2.26. The number of hydrogen-bond acceptors (Lipinski definition) is 6. The highest BCUT2D eigenvalue weighted by atomic mass is 32.2. The van der Waals surface area contributed by atoms with Crippen molar-refractivity contribution in [3.05, 3.63) is 89.6 Å². The van der Waals surface area contributed by atoms with Crippen LogP contribution in [0.25, 0.3) is 6.08 Å². The molecule has 0 unspecified atom stereocenters. The number of thioether (sulfide) groups is 1. The van der Waals surface area contributed by atoms with Gasteiger partial charge in [0.1, 0.15) is 17.2 Å². The maximum atomic E-state index is 13.1. The summed E-state index contributed by atoms with van der Waals surface area (Å²) < 4.78 is 5.29. The van der Waals surface area contributed by atoms with Gasteiger partial charge in [0, 0.05) is 27.8 Å². The molecule has 33 heavy (non-hydrogen) atoms. The van der Waals surface area contributed by atoms with Gasteiger partial charge in [0.2, 0.25) is 0 Å². The van der Waals surface area contributed by atoms with Crippen molar-refractivity contribution in [2.24, 2.45) is 0 Å². The molecule has 7 nitrogen and oxygen atoms in total. The molecule has 3 aromatic rings. The molecule has 0 fully saturated rings. The molecule has 166 valence electrons. The molecule has 0 aromatic heterocycles. The summed E-state index contributed by atoms with van der Waals surface area (Å²) in [6.45, 7) is 0. The van der Waals surface area contributed by atoms with Crippen LogP contribution in [0.5, 0.6) is 11.5 Å². The second kappa shape index (κ2) is 11.4. The second-order valence-electron chi connectivity index (χ2n) is 6.73. The molecule has 0 aliphatic rings. The Morgan fingerprint density at radius 1 is 1.09 bits per heavy atom. The van der Waals surface area contributed by atoms with Gasteiger partial charge in [-0.05, 0) is 54.6 Å². The van der Waals surface area contributed by atoms with Crippen molar-refractivity contribution >= 4 is 35.3 Å². The van der Waals surface area contributed by atoms with Gasteiger partial charge >= 0.3 is 0 Å². The van der Waals surface area contributed by atoms with Crippen LogP contribution < -0.4 is 15.4 Å². The normalized spacial score (nSPS) is 10.7. The SMILES string of the molecule is COc1cc(O)ccc1/C=C(\NC(=O)c1ccccc1)C(=O)Nc1ccc(SCC#N)cc1. The fourth-order valence-electron chi connectivity index (χ4n) is 2.87. The first-order chi connectivity index (χ1) is 16.0. The number of nitriles is 1. The van der Waals surface area contributed by atoms with E-state index in [0.29, 0.717) is 28.3 Å². The van der Waals surface area contributed by atoms with Crippen LogP contribution in [-0.2, 0) is 4.79 Å². The van der Waals surface area contributed by atoms with Crippen molar-refractivity contribution in [2.75, 3.05) is 18.2 Å². The first-order valence-corrected chi connectivity index (χ1v) is 10.8. The molecule has 3 aromatic carbocycles. The lowest BCUT2D eigenvalue weighted by molar-refractivity contribution is -0.113. The van der Waals surface area contributed by atoms with Gasteiger partial charge in [0.25, 0.3) is 11.8 Å². The Hall–Kier alpha value is -4.22. The van der Waals surface area contributed by atoms with Gasteiger partial charge in [-0.2, -0.15) is 5.26 Å². The number of ether oxygens (including phenoxy) is 1. The van der Waals surface area contributed by atoms with E-state index in [1.807, 2.05) is 0 Å². The minimum Gasteiger partial charge on any atom is -0.508 e. The van der Waals surface area contributed by atoms with Crippen LogP contribution in [0, 0.1) is 11.3 Å². The van der Waals surface area contributed by atoms with Crippen LogP contribution >= 0.6 is 11.8 Å². The Kier molecular flexibility index (Phi) is 8.11. The average Bonchev–Trinajstić information content (AvgIpc) is 2.84. The first kappa shape index (κ1) is 23.4. The van der Waals surface area contributed by atoms with Crippen molar-refractivity contribution < 1.29 is 19.4 Å². The third-order valence-corrected chi connectivity index (χ3v) is 5.34. The molecule has 0 radical (unpaired) electrons. The third-order valence-electron chi connectivity index (χ3n) is 4.46. The van der Waals surface area contributed by atoms with E-state index in [1.165, 1.54) is 37.1 Å². The van der Waals surface area contributed by atoms with Crippen LogP contribution in [0.4, 0.5) is 5.69 Å². The maximum absolute atomic E-state index is 13.1. The van der Waals surface area contributed by atoms with Gasteiger partial charge in [0.15, 0.2) is 0 Å². The van der Waals surface area contributed by atoms with Gasteiger partial charge < -0.3 is 20.5 Å². The summed E-state index contributed by atoms with van der Waals surface area (Å²) in [5.74, 6) is -0.297. The molecular formula is C25H21N3O4S. The Bertz CT molecular complexity index is 1200. The molecule has 0 saturated carbocycles. The molecule has 3 N–H and O–H groups in total. The zero-order valence-corrected chi connectivity index (χ0v) is 18.6. The lowest BCUT2D eigenvalue weighted by Crippen LogP contribution is -2.30. The van der Waals surface area contributed by atoms with E-state index >= 15 is 0 Å². The third kappa shape index (κ3) is 6.63. The van der Waals surface area contributed by atoms with E-state index in [1.54, 1.807) is 60.7 Å². The number of rotatable bonds is 8. The average molecular weight is 460 g/mol. The minimum atomic E-state index is -0.535. The number of carbonyl (C=O) groups excluding carboxylic acids is 2. The first-order valence-electron chi connectivity index (χ1n) is 9.86. The lowest BCUT2D eigenvalue weighted by Gasteiger charge is -2.13.